The number of methoxy groups -OCH3 is 1. The molecule has 0 spiro atoms. The quantitative estimate of drug-likeness (QED) is 0.785. The Bertz CT molecular complexity index is 680. The van der Waals surface area contributed by atoms with Crippen LogP contribution in [0, 0.1) is 0 Å². The fourth-order valence-corrected chi connectivity index (χ4v) is 2.63. The van der Waals surface area contributed by atoms with E-state index in [-0.39, 0.29) is 0 Å². The molecule has 2 aromatic rings. The van der Waals surface area contributed by atoms with Gasteiger partial charge in [0.05, 0.1) is 11.6 Å². The summed E-state index contributed by atoms with van der Waals surface area (Å²) in [6.45, 7) is 4.19. The first kappa shape index (κ1) is 17.3. The number of hydrogen-bond donors (Lipinski definition) is 1. The van der Waals surface area contributed by atoms with Crippen molar-refractivity contribution in [1.29, 1.82) is 0 Å². The van der Waals surface area contributed by atoms with E-state index >= 15 is 0 Å². The summed E-state index contributed by atoms with van der Waals surface area (Å²) >= 11 is 3.45. The fourth-order valence-electron chi connectivity index (χ4n) is 2.14. The Morgan fingerprint density at radius 2 is 1.70 bits per heavy atom. The minimum absolute atomic E-state index is 0.386. The molecule has 0 saturated carbocycles. The number of halogens is 1. The average Bonchev–Trinajstić information content (AvgIpc) is 2.53. The van der Waals surface area contributed by atoms with Gasteiger partial charge in [0.1, 0.15) is 11.5 Å². The molecule has 23 heavy (non-hydrogen) atoms. The summed E-state index contributed by atoms with van der Waals surface area (Å²) in [5.74, 6) is 0.505. The van der Waals surface area contributed by atoms with Gasteiger partial charge in [-0.2, -0.15) is 0 Å². The first-order chi connectivity index (χ1) is 10.9. The van der Waals surface area contributed by atoms with E-state index in [4.69, 9.17) is 9.47 Å². The van der Waals surface area contributed by atoms with E-state index in [9.17, 15) is 9.90 Å². The SMILES string of the molecule is COc1ccc(C(Oc2ccc(C(C)C)cc2Br)C(=O)O)cc1. The maximum atomic E-state index is 11.6. The van der Waals surface area contributed by atoms with Crippen LogP contribution < -0.4 is 9.47 Å². The van der Waals surface area contributed by atoms with Gasteiger partial charge in [0.15, 0.2) is 0 Å². The minimum Gasteiger partial charge on any atom is -0.497 e. The van der Waals surface area contributed by atoms with E-state index in [0.717, 1.165) is 10.0 Å². The number of rotatable bonds is 6. The van der Waals surface area contributed by atoms with E-state index in [1.807, 2.05) is 12.1 Å². The van der Waals surface area contributed by atoms with E-state index in [0.29, 0.717) is 23.0 Å². The van der Waals surface area contributed by atoms with Crippen LogP contribution in [0.5, 0.6) is 11.5 Å². The summed E-state index contributed by atoms with van der Waals surface area (Å²) in [6, 6.07) is 12.5. The van der Waals surface area contributed by atoms with Crippen molar-refractivity contribution in [2.45, 2.75) is 25.9 Å². The molecule has 4 nitrogen and oxygen atoms in total. The van der Waals surface area contributed by atoms with Crippen LogP contribution in [-0.4, -0.2) is 18.2 Å². The molecule has 0 aliphatic carbocycles. The van der Waals surface area contributed by atoms with Crippen LogP contribution in [0.3, 0.4) is 0 Å². The molecule has 1 N–H and O–H groups in total. The number of carbonyl (C=O) groups is 1. The third kappa shape index (κ3) is 4.26. The van der Waals surface area contributed by atoms with Gasteiger partial charge in [0, 0.05) is 5.56 Å². The van der Waals surface area contributed by atoms with Gasteiger partial charge >= 0.3 is 5.97 Å². The molecule has 0 aliphatic rings. The zero-order valence-electron chi connectivity index (χ0n) is 13.2. The van der Waals surface area contributed by atoms with Crippen molar-refractivity contribution in [2.24, 2.45) is 0 Å². The smallest absolute Gasteiger partial charge is 0.349 e. The summed E-state index contributed by atoms with van der Waals surface area (Å²) in [5, 5.41) is 9.48. The zero-order chi connectivity index (χ0) is 17.0. The minimum atomic E-state index is -1.08. The highest BCUT2D eigenvalue weighted by molar-refractivity contribution is 9.10. The van der Waals surface area contributed by atoms with Crippen LogP contribution in [0.25, 0.3) is 0 Å². The molecule has 0 radical (unpaired) electrons. The van der Waals surface area contributed by atoms with Crippen molar-refractivity contribution in [1.82, 2.24) is 0 Å². The molecule has 1 unspecified atom stereocenters. The van der Waals surface area contributed by atoms with Gasteiger partial charge in [0.25, 0.3) is 0 Å². The molecule has 1 atom stereocenters. The Kier molecular flexibility index (Phi) is 5.66. The van der Waals surface area contributed by atoms with Gasteiger partial charge < -0.3 is 14.6 Å². The highest BCUT2D eigenvalue weighted by Crippen LogP contribution is 2.32. The lowest BCUT2D eigenvalue weighted by molar-refractivity contribution is -0.145. The average molecular weight is 379 g/mol. The van der Waals surface area contributed by atoms with Gasteiger partial charge in [-0.1, -0.05) is 32.0 Å². The lowest BCUT2D eigenvalue weighted by Crippen LogP contribution is -2.18. The number of ether oxygens (including phenoxy) is 2. The molecular formula is C18H19BrO4. The number of benzene rings is 2. The van der Waals surface area contributed by atoms with Crippen molar-refractivity contribution >= 4 is 21.9 Å². The normalized spacial score (nSPS) is 12.0. The molecule has 0 fully saturated rings. The van der Waals surface area contributed by atoms with Crippen molar-refractivity contribution < 1.29 is 19.4 Å². The molecule has 0 heterocycles. The first-order valence-corrected chi connectivity index (χ1v) is 8.04. The fraction of sp³-hybridized carbons (Fsp3) is 0.278. The number of hydrogen-bond acceptors (Lipinski definition) is 3. The summed E-state index contributed by atoms with van der Waals surface area (Å²) in [5.41, 5.74) is 1.71. The maximum Gasteiger partial charge on any atom is 0.349 e. The predicted molar refractivity (Wildman–Crippen MR) is 92.2 cm³/mol. The monoisotopic (exact) mass is 378 g/mol. The van der Waals surface area contributed by atoms with E-state index in [1.54, 1.807) is 37.4 Å². The Morgan fingerprint density at radius 1 is 1.09 bits per heavy atom. The first-order valence-electron chi connectivity index (χ1n) is 7.25. The molecule has 0 amide bonds. The molecule has 122 valence electrons. The third-order valence-electron chi connectivity index (χ3n) is 3.51. The van der Waals surface area contributed by atoms with Gasteiger partial charge in [-0.3, -0.25) is 0 Å². The predicted octanol–water partition coefficient (Wildman–Crippen LogP) is 4.79. The van der Waals surface area contributed by atoms with Crippen molar-refractivity contribution in [3.05, 3.63) is 58.1 Å². The van der Waals surface area contributed by atoms with Gasteiger partial charge in [-0.25, -0.2) is 4.79 Å². The Labute approximate surface area is 144 Å². The van der Waals surface area contributed by atoms with Gasteiger partial charge in [-0.05, 0) is 51.7 Å². The largest absolute Gasteiger partial charge is 0.497 e. The van der Waals surface area contributed by atoms with E-state index in [1.165, 1.54) is 0 Å². The molecule has 0 saturated heterocycles. The van der Waals surface area contributed by atoms with E-state index in [2.05, 4.69) is 29.8 Å². The molecule has 0 aromatic heterocycles. The highest BCUT2D eigenvalue weighted by atomic mass is 79.9. The number of carboxylic acids is 1. The van der Waals surface area contributed by atoms with E-state index < -0.39 is 12.1 Å². The molecule has 0 bridgehead atoms. The molecule has 5 heteroatoms. The second-order valence-corrected chi connectivity index (χ2v) is 6.31. The summed E-state index contributed by atoms with van der Waals surface area (Å²) in [4.78, 5) is 11.6. The second-order valence-electron chi connectivity index (χ2n) is 5.45. The lowest BCUT2D eigenvalue weighted by Gasteiger charge is -2.18. The van der Waals surface area contributed by atoms with Crippen molar-refractivity contribution in [2.75, 3.05) is 7.11 Å². The Hall–Kier alpha value is -2.01. The third-order valence-corrected chi connectivity index (χ3v) is 4.13. The second kappa shape index (κ2) is 7.51. The summed E-state index contributed by atoms with van der Waals surface area (Å²) < 4.78 is 11.5. The van der Waals surface area contributed by atoms with Gasteiger partial charge in [-0.15, -0.1) is 0 Å². The van der Waals surface area contributed by atoms with Crippen LogP contribution in [0.2, 0.25) is 0 Å². The molecule has 2 aromatic carbocycles. The number of carboxylic acid groups (broad SMARTS) is 1. The highest BCUT2D eigenvalue weighted by Gasteiger charge is 2.23. The Balaban J connectivity index is 2.27. The summed E-state index contributed by atoms with van der Waals surface area (Å²) in [7, 11) is 1.56. The standard InChI is InChI=1S/C18H19BrO4/c1-11(2)13-6-9-16(15(19)10-13)23-17(18(20)21)12-4-7-14(22-3)8-5-12/h4-11,17H,1-3H3,(H,20,21). The van der Waals surface area contributed by atoms with Crippen LogP contribution in [0.1, 0.15) is 37.0 Å². The van der Waals surface area contributed by atoms with Gasteiger partial charge in [0.2, 0.25) is 6.10 Å². The zero-order valence-corrected chi connectivity index (χ0v) is 14.8. The topological polar surface area (TPSA) is 55.8 Å². The Morgan fingerprint density at radius 3 is 2.17 bits per heavy atom. The maximum absolute atomic E-state index is 11.6. The molecule has 2 rings (SSSR count). The summed E-state index contributed by atoms with van der Waals surface area (Å²) in [6.07, 6.45) is -1.08. The van der Waals surface area contributed by atoms with Crippen LogP contribution in [0.4, 0.5) is 0 Å². The molecular weight excluding hydrogens is 360 g/mol. The van der Waals surface area contributed by atoms with Crippen molar-refractivity contribution in [3.63, 3.8) is 0 Å². The van der Waals surface area contributed by atoms with Crippen molar-refractivity contribution in [3.8, 4) is 11.5 Å². The lowest BCUT2D eigenvalue weighted by atomic mass is 10.0. The van der Waals surface area contributed by atoms with Crippen LogP contribution >= 0.6 is 15.9 Å². The van der Waals surface area contributed by atoms with Crippen LogP contribution in [0.15, 0.2) is 46.9 Å². The number of aliphatic carboxylic acids is 1. The van der Waals surface area contributed by atoms with Crippen LogP contribution in [-0.2, 0) is 4.79 Å². The molecule has 0 aliphatic heterocycles.